The van der Waals surface area contributed by atoms with Gasteiger partial charge in [0, 0.05) is 28.7 Å². The van der Waals surface area contributed by atoms with E-state index in [1.165, 1.54) is 6.20 Å². The Morgan fingerprint density at radius 3 is 2.64 bits per heavy atom. The Balaban J connectivity index is 0.000000980. The van der Waals surface area contributed by atoms with E-state index in [0.29, 0.717) is 5.39 Å². The van der Waals surface area contributed by atoms with Gasteiger partial charge in [0.1, 0.15) is 0 Å². The first-order chi connectivity index (χ1) is 6.29. The number of carboxylic acids is 1. The van der Waals surface area contributed by atoms with Crippen molar-refractivity contribution < 1.29 is 27.0 Å². The summed E-state index contributed by atoms with van der Waals surface area (Å²) in [4.78, 5) is 14.6. The van der Waals surface area contributed by atoms with Gasteiger partial charge in [-0.25, -0.2) is 9.78 Å². The first-order valence-electron chi connectivity index (χ1n) is 3.86. The average Bonchev–Trinajstić information content (AvgIpc) is 2.17. The zero-order valence-electron chi connectivity index (χ0n) is 7.14. The van der Waals surface area contributed by atoms with Gasteiger partial charge in [0.2, 0.25) is 0 Å². The second kappa shape index (κ2) is 4.22. The minimum Gasteiger partial charge on any atom is -0.476 e. The molecule has 2 rings (SSSR count). The number of nitrogens with zero attached hydrogens (tertiary/aromatic N) is 1. The molecule has 0 spiro atoms. The average molecular weight is 228 g/mol. The Bertz CT molecular complexity index is 465. The fraction of sp³-hybridized carbons (Fsp3) is 0. The van der Waals surface area contributed by atoms with Gasteiger partial charge in [0.15, 0.2) is 5.69 Å². The third-order valence-corrected chi connectivity index (χ3v) is 1.88. The molecular formula is C10H7MnNO2. The Morgan fingerprint density at radius 1 is 1.21 bits per heavy atom. The molecule has 0 bridgehead atoms. The number of pyridine rings is 1. The van der Waals surface area contributed by atoms with Gasteiger partial charge in [-0.15, -0.1) is 0 Å². The molecule has 71 valence electrons. The standard InChI is InChI=1S/C10H7NO2.Mn/c12-10(13)9-8-4-2-1-3-7(8)5-6-11-9;/h1-6H,(H,12,13);. The van der Waals surface area contributed by atoms with Crippen molar-refractivity contribution in [3.63, 3.8) is 0 Å². The van der Waals surface area contributed by atoms with Gasteiger partial charge in [-0.1, -0.05) is 24.3 Å². The fourth-order valence-electron chi connectivity index (χ4n) is 1.29. The third kappa shape index (κ3) is 1.76. The van der Waals surface area contributed by atoms with Crippen molar-refractivity contribution >= 4 is 16.7 Å². The van der Waals surface area contributed by atoms with E-state index in [4.69, 9.17) is 5.11 Å². The van der Waals surface area contributed by atoms with Crippen molar-refractivity contribution in [1.29, 1.82) is 0 Å². The number of aromatic nitrogens is 1. The molecule has 0 aliphatic rings. The second-order valence-corrected chi connectivity index (χ2v) is 2.69. The minimum atomic E-state index is -0.989. The summed E-state index contributed by atoms with van der Waals surface area (Å²) in [5.41, 5.74) is 0.109. The molecule has 2 aromatic rings. The summed E-state index contributed by atoms with van der Waals surface area (Å²) in [7, 11) is 0. The zero-order valence-corrected chi connectivity index (χ0v) is 8.33. The molecule has 0 saturated heterocycles. The van der Waals surface area contributed by atoms with Crippen LogP contribution in [0.4, 0.5) is 0 Å². The molecule has 1 heterocycles. The molecule has 14 heavy (non-hydrogen) atoms. The predicted octanol–water partition coefficient (Wildman–Crippen LogP) is 1.93. The smallest absolute Gasteiger partial charge is 0.355 e. The second-order valence-electron chi connectivity index (χ2n) is 2.69. The summed E-state index contributed by atoms with van der Waals surface area (Å²) in [6.45, 7) is 0. The van der Waals surface area contributed by atoms with Crippen molar-refractivity contribution in [3.05, 3.63) is 42.2 Å². The molecule has 3 nitrogen and oxygen atoms in total. The van der Waals surface area contributed by atoms with Gasteiger partial charge < -0.3 is 5.11 Å². The number of rotatable bonds is 1. The number of carbonyl (C=O) groups is 1. The van der Waals surface area contributed by atoms with Crippen molar-refractivity contribution in [2.45, 2.75) is 0 Å². The van der Waals surface area contributed by atoms with Gasteiger partial charge >= 0.3 is 5.97 Å². The summed E-state index contributed by atoms with van der Waals surface area (Å²) in [6.07, 6.45) is 1.51. The van der Waals surface area contributed by atoms with Crippen LogP contribution in [0.2, 0.25) is 0 Å². The predicted molar refractivity (Wildman–Crippen MR) is 48.7 cm³/mol. The topological polar surface area (TPSA) is 50.2 Å². The van der Waals surface area contributed by atoms with E-state index in [2.05, 4.69) is 4.98 Å². The first kappa shape index (κ1) is 10.7. The molecule has 0 unspecified atom stereocenters. The maximum atomic E-state index is 10.8. The minimum absolute atomic E-state index is 0. The maximum absolute atomic E-state index is 10.8. The number of fused-ring (bicyclic) bond motifs is 1. The molecule has 0 aliphatic heterocycles. The molecule has 4 heteroatoms. The summed E-state index contributed by atoms with van der Waals surface area (Å²) in [5.74, 6) is -0.989. The number of hydrogen-bond acceptors (Lipinski definition) is 2. The molecule has 1 aromatic heterocycles. The van der Waals surface area contributed by atoms with Gasteiger partial charge in [-0.2, -0.15) is 0 Å². The molecule has 0 atom stereocenters. The first-order valence-corrected chi connectivity index (χ1v) is 3.86. The van der Waals surface area contributed by atoms with E-state index in [1.807, 2.05) is 12.1 Å². The van der Waals surface area contributed by atoms with Crippen LogP contribution in [0.5, 0.6) is 0 Å². The molecule has 1 aromatic carbocycles. The van der Waals surface area contributed by atoms with Crippen LogP contribution in [0.3, 0.4) is 0 Å². The quantitative estimate of drug-likeness (QED) is 0.758. The van der Waals surface area contributed by atoms with Crippen LogP contribution in [0.1, 0.15) is 10.5 Å². The SMILES string of the molecule is O=C(O)c1nccc2ccccc12.[Mn]. The van der Waals surface area contributed by atoms with Crippen LogP contribution >= 0.6 is 0 Å². The monoisotopic (exact) mass is 228 g/mol. The van der Waals surface area contributed by atoms with E-state index < -0.39 is 5.97 Å². The van der Waals surface area contributed by atoms with Crippen molar-refractivity contribution in [1.82, 2.24) is 4.98 Å². The summed E-state index contributed by atoms with van der Waals surface area (Å²) in [5, 5.41) is 10.4. The Kier molecular flexibility index (Phi) is 3.23. The fourth-order valence-corrected chi connectivity index (χ4v) is 1.29. The van der Waals surface area contributed by atoms with E-state index in [1.54, 1.807) is 18.2 Å². The van der Waals surface area contributed by atoms with Crippen LogP contribution in [0, 0.1) is 0 Å². The number of hydrogen-bond donors (Lipinski definition) is 1. The Hall–Kier alpha value is -1.38. The van der Waals surface area contributed by atoms with Crippen molar-refractivity contribution in [2.75, 3.05) is 0 Å². The summed E-state index contributed by atoms with van der Waals surface area (Å²) >= 11 is 0. The van der Waals surface area contributed by atoms with Crippen LogP contribution in [-0.4, -0.2) is 16.1 Å². The van der Waals surface area contributed by atoms with E-state index in [0.717, 1.165) is 5.39 Å². The van der Waals surface area contributed by atoms with E-state index >= 15 is 0 Å². The number of carboxylic acid groups (broad SMARTS) is 1. The zero-order chi connectivity index (χ0) is 9.26. The van der Waals surface area contributed by atoms with Crippen LogP contribution in [0.15, 0.2) is 36.5 Å². The van der Waals surface area contributed by atoms with Crippen molar-refractivity contribution in [3.8, 4) is 0 Å². The Labute approximate surface area is 91.2 Å². The van der Waals surface area contributed by atoms with Crippen LogP contribution in [0.25, 0.3) is 10.8 Å². The van der Waals surface area contributed by atoms with Crippen molar-refractivity contribution in [2.24, 2.45) is 0 Å². The van der Waals surface area contributed by atoms with Gasteiger partial charge in [-0.3, -0.25) is 0 Å². The van der Waals surface area contributed by atoms with Gasteiger partial charge in [0.05, 0.1) is 0 Å². The molecule has 1 N–H and O–H groups in total. The third-order valence-electron chi connectivity index (χ3n) is 1.88. The molecule has 0 fully saturated rings. The van der Waals surface area contributed by atoms with E-state index in [9.17, 15) is 4.79 Å². The number of aromatic carboxylic acids is 1. The summed E-state index contributed by atoms with van der Waals surface area (Å²) < 4.78 is 0. The van der Waals surface area contributed by atoms with Crippen LogP contribution in [-0.2, 0) is 17.1 Å². The molecule has 0 saturated carbocycles. The largest absolute Gasteiger partial charge is 0.476 e. The summed E-state index contributed by atoms with van der Waals surface area (Å²) in [6, 6.07) is 9.08. The normalized spacial score (nSPS) is 9.43. The van der Waals surface area contributed by atoms with Gasteiger partial charge in [0.25, 0.3) is 0 Å². The molecule has 1 radical (unpaired) electrons. The van der Waals surface area contributed by atoms with E-state index in [-0.39, 0.29) is 22.8 Å². The Morgan fingerprint density at radius 2 is 1.93 bits per heavy atom. The van der Waals surface area contributed by atoms with Gasteiger partial charge in [-0.05, 0) is 11.5 Å². The molecule has 0 aliphatic carbocycles. The molecule has 0 amide bonds. The molecular weight excluding hydrogens is 221 g/mol. The maximum Gasteiger partial charge on any atom is 0.355 e. The number of benzene rings is 1. The van der Waals surface area contributed by atoms with Crippen LogP contribution < -0.4 is 0 Å².